The van der Waals surface area contributed by atoms with E-state index in [0.29, 0.717) is 34.3 Å². The highest BCUT2D eigenvalue weighted by Crippen LogP contribution is 2.46. The van der Waals surface area contributed by atoms with Gasteiger partial charge in [-0.15, -0.1) is 11.3 Å². The summed E-state index contributed by atoms with van der Waals surface area (Å²) in [5.41, 5.74) is 19.0. The number of aromatic nitrogens is 5. The molecule has 3 unspecified atom stereocenters. The highest BCUT2D eigenvalue weighted by Gasteiger charge is 2.48. The number of nitrogen functional groups attached to an aromatic ring is 1. The van der Waals surface area contributed by atoms with Crippen molar-refractivity contribution in [2.24, 2.45) is 17.6 Å². The van der Waals surface area contributed by atoms with Gasteiger partial charge in [0.2, 0.25) is 5.88 Å². The van der Waals surface area contributed by atoms with Crippen LogP contribution in [-0.2, 0) is 4.84 Å². The van der Waals surface area contributed by atoms with Crippen LogP contribution in [0.3, 0.4) is 0 Å². The number of hydrogen-bond acceptors (Lipinski definition) is 12. The fourth-order valence-electron chi connectivity index (χ4n) is 8.45. The Morgan fingerprint density at radius 2 is 1.96 bits per heavy atom. The molecule has 5 atom stereocenters. The number of rotatable bonds is 9. The average molecular weight is 689 g/mol. The second kappa shape index (κ2) is 13.5. The zero-order valence-corrected chi connectivity index (χ0v) is 29.0. The smallest absolute Gasteiger partial charge is 0.286 e. The number of methoxy groups -OCH3 is 1. The molecule has 0 aromatic carbocycles. The molecule has 7 rings (SSSR count). The normalized spacial score (nSPS) is 26.2. The molecule has 0 radical (unpaired) electrons. The number of ether oxygens (including phenoxy) is 1. The molecular formula is C34H44N10O4S. The minimum Gasteiger partial charge on any atom is -0.480 e. The lowest BCUT2D eigenvalue weighted by atomic mass is 9.66. The summed E-state index contributed by atoms with van der Waals surface area (Å²) in [6.07, 6.45) is 12.3. The maximum atomic E-state index is 12.9. The second-order valence-electron chi connectivity index (χ2n) is 13.8. The second-order valence-corrected chi connectivity index (χ2v) is 14.7. The van der Waals surface area contributed by atoms with Crippen LogP contribution in [0.15, 0.2) is 36.4 Å². The van der Waals surface area contributed by atoms with E-state index in [1.165, 1.54) is 37.6 Å². The number of fused-ring (bicyclic) bond motifs is 1. The number of piperidine rings is 1. The van der Waals surface area contributed by atoms with Gasteiger partial charge in [-0.2, -0.15) is 5.10 Å². The van der Waals surface area contributed by atoms with Crippen LogP contribution in [0.2, 0.25) is 0 Å². The monoisotopic (exact) mass is 688 g/mol. The van der Waals surface area contributed by atoms with Gasteiger partial charge in [0.25, 0.3) is 11.8 Å². The van der Waals surface area contributed by atoms with Crippen molar-refractivity contribution in [3.8, 4) is 17.3 Å². The van der Waals surface area contributed by atoms with E-state index in [4.69, 9.17) is 21.0 Å². The number of amides is 2. The molecule has 6 heterocycles. The van der Waals surface area contributed by atoms with E-state index in [2.05, 4.69) is 55.2 Å². The molecule has 2 saturated heterocycles. The van der Waals surface area contributed by atoms with E-state index in [1.54, 1.807) is 28.5 Å². The van der Waals surface area contributed by atoms with Gasteiger partial charge in [0.1, 0.15) is 22.3 Å². The van der Waals surface area contributed by atoms with Crippen LogP contribution < -0.4 is 26.6 Å². The lowest BCUT2D eigenvalue weighted by Crippen LogP contribution is -2.56. The van der Waals surface area contributed by atoms with Gasteiger partial charge in [0.05, 0.1) is 53.4 Å². The number of hydroxylamine groups is 1. The molecule has 1 saturated carbocycles. The average Bonchev–Trinajstić information content (AvgIpc) is 3.88. The molecule has 260 valence electrons. The Morgan fingerprint density at radius 3 is 2.69 bits per heavy atom. The lowest BCUT2D eigenvalue weighted by molar-refractivity contribution is -0.157. The SMILES string of the molecule is COc1nc(-c2cc(N3CCC[C@H](C4CC(N5CCC[C@@H]5C)CCC4(C)ONC(=O)c4cncs4)C3)c3cncnn23)cc(N)c1C(N)=O. The molecule has 3 aliphatic rings. The van der Waals surface area contributed by atoms with Crippen LogP contribution >= 0.6 is 11.3 Å². The Bertz CT molecular complexity index is 1830. The van der Waals surface area contributed by atoms with Gasteiger partial charge >= 0.3 is 0 Å². The summed E-state index contributed by atoms with van der Waals surface area (Å²) in [7, 11) is 1.43. The van der Waals surface area contributed by atoms with Crippen LogP contribution in [-0.4, -0.2) is 85.7 Å². The van der Waals surface area contributed by atoms with Gasteiger partial charge in [-0.25, -0.2) is 20.0 Å². The summed E-state index contributed by atoms with van der Waals surface area (Å²) in [5, 5.41) is 4.57. The van der Waals surface area contributed by atoms with Crippen LogP contribution in [0, 0.1) is 11.8 Å². The molecule has 2 aliphatic heterocycles. The summed E-state index contributed by atoms with van der Waals surface area (Å²) < 4.78 is 7.20. The maximum Gasteiger partial charge on any atom is 0.286 e. The molecule has 1 aliphatic carbocycles. The van der Waals surface area contributed by atoms with Gasteiger partial charge in [0.15, 0.2) is 0 Å². The topological polar surface area (TPSA) is 179 Å². The Labute approximate surface area is 289 Å². The van der Waals surface area contributed by atoms with Crippen molar-refractivity contribution in [2.45, 2.75) is 76.5 Å². The van der Waals surface area contributed by atoms with E-state index >= 15 is 0 Å². The maximum absolute atomic E-state index is 12.9. The van der Waals surface area contributed by atoms with E-state index in [9.17, 15) is 9.59 Å². The van der Waals surface area contributed by atoms with Gasteiger partial charge in [-0.05, 0) is 89.3 Å². The number of nitrogens with two attached hydrogens (primary N) is 2. The molecule has 0 bridgehead atoms. The van der Waals surface area contributed by atoms with Gasteiger partial charge in [-0.1, -0.05) is 0 Å². The molecule has 3 fully saturated rings. The number of primary amides is 1. The molecular weight excluding hydrogens is 645 g/mol. The zero-order chi connectivity index (χ0) is 34.3. The molecule has 0 spiro atoms. The third-order valence-electron chi connectivity index (χ3n) is 10.9. The first-order chi connectivity index (χ1) is 23.7. The van der Waals surface area contributed by atoms with Gasteiger partial charge < -0.3 is 21.1 Å². The van der Waals surface area contributed by atoms with E-state index < -0.39 is 11.5 Å². The van der Waals surface area contributed by atoms with Crippen molar-refractivity contribution in [1.82, 2.24) is 34.9 Å². The van der Waals surface area contributed by atoms with Crippen molar-refractivity contribution >= 4 is 40.0 Å². The minimum absolute atomic E-state index is 0.0449. The molecule has 14 nitrogen and oxygen atoms in total. The highest BCUT2D eigenvalue weighted by molar-refractivity contribution is 7.11. The van der Waals surface area contributed by atoms with Crippen LogP contribution in [0.4, 0.5) is 11.4 Å². The third kappa shape index (κ3) is 6.30. The lowest BCUT2D eigenvalue weighted by Gasteiger charge is -2.51. The van der Waals surface area contributed by atoms with Crippen molar-refractivity contribution in [3.05, 3.63) is 46.8 Å². The summed E-state index contributed by atoms with van der Waals surface area (Å²) >= 11 is 1.30. The molecule has 15 heteroatoms. The largest absolute Gasteiger partial charge is 0.480 e. The van der Waals surface area contributed by atoms with Crippen molar-refractivity contribution < 1.29 is 19.2 Å². The molecule has 5 N–H and O–H groups in total. The number of hydrogen-bond donors (Lipinski definition) is 3. The van der Waals surface area contributed by atoms with Crippen molar-refractivity contribution in [1.29, 1.82) is 0 Å². The van der Waals surface area contributed by atoms with E-state index in [1.807, 2.05) is 0 Å². The number of thiazole rings is 1. The zero-order valence-electron chi connectivity index (χ0n) is 28.2. The number of pyridine rings is 1. The molecule has 2 amide bonds. The number of carbonyl (C=O) groups is 2. The van der Waals surface area contributed by atoms with E-state index in [-0.39, 0.29) is 29.0 Å². The first-order valence-corrected chi connectivity index (χ1v) is 17.9. The molecule has 4 aromatic heterocycles. The Kier molecular flexibility index (Phi) is 9.15. The summed E-state index contributed by atoms with van der Waals surface area (Å²) in [6.45, 7) is 7.33. The first kappa shape index (κ1) is 33.2. The predicted molar refractivity (Wildman–Crippen MR) is 186 cm³/mol. The first-order valence-electron chi connectivity index (χ1n) is 17.0. The molecule has 4 aromatic rings. The third-order valence-corrected chi connectivity index (χ3v) is 11.7. The van der Waals surface area contributed by atoms with Crippen molar-refractivity contribution in [2.75, 3.05) is 37.4 Å². The summed E-state index contributed by atoms with van der Waals surface area (Å²) in [4.78, 5) is 50.1. The number of likely N-dealkylation sites (tertiary alicyclic amines) is 1. The summed E-state index contributed by atoms with van der Waals surface area (Å²) in [6, 6.07) is 4.74. The highest BCUT2D eigenvalue weighted by atomic mass is 32.1. The Balaban J connectivity index is 1.20. The summed E-state index contributed by atoms with van der Waals surface area (Å²) in [5.74, 6) is -0.386. The quantitative estimate of drug-likeness (QED) is 0.217. The van der Waals surface area contributed by atoms with Crippen LogP contribution in [0.25, 0.3) is 16.9 Å². The number of nitrogens with one attached hydrogen (secondary N) is 1. The Morgan fingerprint density at radius 1 is 1.12 bits per heavy atom. The number of carbonyl (C=O) groups excluding carboxylic acids is 2. The van der Waals surface area contributed by atoms with Crippen LogP contribution in [0.1, 0.15) is 78.8 Å². The van der Waals surface area contributed by atoms with Gasteiger partial charge in [-0.3, -0.25) is 24.3 Å². The van der Waals surface area contributed by atoms with E-state index in [0.717, 1.165) is 62.9 Å². The number of anilines is 2. The molecule has 49 heavy (non-hydrogen) atoms. The standard InChI is InChI=1S/C34H44N10O4S/c1-20-6-4-11-43(20)22-8-9-34(2,48-41-32(46)29-16-38-19-49-29)23(12-22)21-7-5-10-42(17-21)27-14-26(44-28(27)15-37-18-39-44)25-13-24(35)30(31(36)45)33(40-25)47-3/h13-16,18-23H,4-12,17H2,1-3H3,(H2,35,40)(H2,36,45)(H,41,46)/t20-,21-,22?,23?,34?/m0/s1. The van der Waals surface area contributed by atoms with Crippen molar-refractivity contribution in [3.63, 3.8) is 0 Å². The fraction of sp³-hybridized carbons (Fsp3) is 0.529. The van der Waals surface area contributed by atoms with Gasteiger partial charge in [0, 0.05) is 25.2 Å². The predicted octanol–water partition coefficient (Wildman–Crippen LogP) is 3.93. The Hall–Kier alpha value is -4.34. The van der Waals surface area contributed by atoms with Crippen LogP contribution in [0.5, 0.6) is 5.88 Å². The minimum atomic E-state index is -0.709. The fourth-order valence-corrected chi connectivity index (χ4v) is 8.96. The number of nitrogens with zero attached hydrogens (tertiary/aromatic N) is 7.